The van der Waals surface area contributed by atoms with Gasteiger partial charge in [0, 0.05) is 17.6 Å². The van der Waals surface area contributed by atoms with E-state index in [1.54, 1.807) is 4.90 Å². The Hall–Kier alpha value is -1.23. The van der Waals surface area contributed by atoms with Gasteiger partial charge in [0.2, 0.25) is 0 Å². The van der Waals surface area contributed by atoms with Gasteiger partial charge in [-0.2, -0.15) is 0 Å². The summed E-state index contributed by atoms with van der Waals surface area (Å²) in [6, 6.07) is 4.52. The number of anilines is 1. The Morgan fingerprint density at radius 2 is 1.95 bits per heavy atom. The Morgan fingerprint density at radius 3 is 2.48 bits per heavy atom. The van der Waals surface area contributed by atoms with Crippen LogP contribution in [0.5, 0.6) is 0 Å². The van der Waals surface area contributed by atoms with Gasteiger partial charge < -0.3 is 15.0 Å². The summed E-state index contributed by atoms with van der Waals surface area (Å²) >= 11 is 3.60. The van der Waals surface area contributed by atoms with Crippen LogP contribution in [-0.2, 0) is 4.74 Å². The number of hydrogen-bond acceptors (Lipinski definition) is 3. The summed E-state index contributed by atoms with van der Waals surface area (Å²) in [4.78, 5) is 13.6. The predicted octanol–water partition coefficient (Wildman–Crippen LogP) is 4.10. The van der Waals surface area contributed by atoms with E-state index in [1.165, 1.54) is 11.1 Å². The van der Waals surface area contributed by atoms with Crippen LogP contribution >= 0.6 is 15.9 Å². The Labute approximate surface area is 135 Å². The van der Waals surface area contributed by atoms with Crippen molar-refractivity contribution in [3.05, 3.63) is 27.7 Å². The number of hydrogen-bond donors (Lipinski definition) is 1. The number of ether oxygens (including phenoxy) is 1. The van der Waals surface area contributed by atoms with E-state index in [0.29, 0.717) is 13.1 Å². The molecule has 0 radical (unpaired) electrons. The normalized spacial score (nSPS) is 15.6. The molecule has 1 heterocycles. The molecule has 21 heavy (non-hydrogen) atoms. The van der Waals surface area contributed by atoms with Crippen molar-refractivity contribution >= 4 is 27.7 Å². The molecule has 1 fully saturated rings. The lowest BCUT2D eigenvalue weighted by Gasteiger charge is -2.40. The summed E-state index contributed by atoms with van der Waals surface area (Å²) in [6.07, 6.45) is -0.236. The summed E-state index contributed by atoms with van der Waals surface area (Å²) in [7, 11) is 0. The third kappa shape index (κ3) is 4.13. The number of halogens is 1. The van der Waals surface area contributed by atoms with E-state index < -0.39 is 5.60 Å². The van der Waals surface area contributed by atoms with Crippen molar-refractivity contribution in [1.29, 1.82) is 0 Å². The minimum absolute atomic E-state index is 0.236. The molecule has 116 valence electrons. The largest absolute Gasteiger partial charge is 0.444 e. The van der Waals surface area contributed by atoms with Gasteiger partial charge in [0.05, 0.1) is 11.7 Å². The molecular formula is C16H23BrN2O2. The first-order chi connectivity index (χ1) is 9.65. The van der Waals surface area contributed by atoms with Crippen LogP contribution in [0.3, 0.4) is 0 Å². The number of likely N-dealkylation sites (tertiary alicyclic amines) is 1. The Kier molecular flexibility index (Phi) is 4.51. The molecule has 1 N–H and O–H groups in total. The predicted molar refractivity (Wildman–Crippen MR) is 88.8 cm³/mol. The molecule has 0 atom stereocenters. The number of nitrogens with zero attached hydrogens (tertiary/aromatic N) is 1. The lowest BCUT2D eigenvalue weighted by atomic mass is 10.1. The molecule has 4 nitrogen and oxygen atoms in total. The molecule has 1 amide bonds. The van der Waals surface area contributed by atoms with Crippen molar-refractivity contribution in [2.75, 3.05) is 18.4 Å². The highest BCUT2D eigenvalue weighted by molar-refractivity contribution is 9.10. The molecule has 1 aromatic carbocycles. The fourth-order valence-electron chi connectivity index (χ4n) is 2.35. The van der Waals surface area contributed by atoms with E-state index in [4.69, 9.17) is 4.74 Å². The standard InChI is InChI=1S/C16H23BrN2O2/c1-10-6-11(2)14(13(17)7-10)18-12-8-19(9-12)15(20)21-16(3,4)5/h6-7,12,18H,8-9H2,1-5H3. The quantitative estimate of drug-likeness (QED) is 0.869. The zero-order chi connectivity index (χ0) is 15.8. The molecule has 2 rings (SSSR count). The van der Waals surface area contributed by atoms with Crippen LogP contribution in [0.1, 0.15) is 31.9 Å². The average Bonchev–Trinajstić information content (AvgIpc) is 2.21. The molecule has 0 aromatic heterocycles. The van der Waals surface area contributed by atoms with Crippen LogP contribution in [0.2, 0.25) is 0 Å². The number of rotatable bonds is 2. The van der Waals surface area contributed by atoms with Gasteiger partial charge in [-0.05, 0) is 67.7 Å². The highest BCUT2D eigenvalue weighted by Gasteiger charge is 2.34. The summed E-state index contributed by atoms with van der Waals surface area (Å²) < 4.78 is 6.42. The molecule has 0 saturated carbocycles. The third-order valence-electron chi connectivity index (χ3n) is 3.31. The van der Waals surface area contributed by atoms with E-state index >= 15 is 0 Å². The summed E-state index contributed by atoms with van der Waals surface area (Å²) in [6.45, 7) is 11.2. The van der Waals surface area contributed by atoms with E-state index in [0.717, 1.165) is 10.2 Å². The van der Waals surface area contributed by atoms with Crippen molar-refractivity contribution < 1.29 is 9.53 Å². The Morgan fingerprint density at radius 1 is 1.33 bits per heavy atom. The minimum atomic E-state index is -0.438. The van der Waals surface area contributed by atoms with Crippen LogP contribution in [0.4, 0.5) is 10.5 Å². The maximum atomic E-state index is 11.9. The number of benzene rings is 1. The fourth-order valence-corrected chi connectivity index (χ4v) is 3.14. The summed E-state index contributed by atoms with van der Waals surface area (Å²) in [5.74, 6) is 0. The maximum Gasteiger partial charge on any atom is 0.410 e. The topological polar surface area (TPSA) is 41.6 Å². The van der Waals surface area contributed by atoms with Gasteiger partial charge in [-0.1, -0.05) is 6.07 Å². The first-order valence-electron chi connectivity index (χ1n) is 7.17. The Bertz CT molecular complexity index is 523. The van der Waals surface area contributed by atoms with Crippen LogP contribution in [0, 0.1) is 13.8 Å². The van der Waals surface area contributed by atoms with Crippen molar-refractivity contribution in [3.8, 4) is 0 Å². The molecule has 1 aromatic rings. The number of amides is 1. The van der Waals surface area contributed by atoms with Gasteiger partial charge in [0.1, 0.15) is 5.60 Å². The van der Waals surface area contributed by atoms with Crippen molar-refractivity contribution in [3.63, 3.8) is 0 Å². The second-order valence-corrected chi connectivity index (χ2v) is 7.52. The first kappa shape index (κ1) is 16.1. The highest BCUT2D eigenvalue weighted by atomic mass is 79.9. The SMILES string of the molecule is Cc1cc(C)c(NC2CN(C(=O)OC(C)(C)C)C2)c(Br)c1. The van der Waals surface area contributed by atoms with Gasteiger partial charge >= 0.3 is 6.09 Å². The van der Waals surface area contributed by atoms with Gasteiger partial charge in [-0.3, -0.25) is 0 Å². The number of carbonyl (C=O) groups is 1. The van der Waals surface area contributed by atoms with Crippen LogP contribution in [-0.4, -0.2) is 35.7 Å². The molecular weight excluding hydrogens is 332 g/mol. The van der Waals surface area contributed by atoms with Gasteiger partial charge in [-0.15, -0.1) is 0 Å². The molecule has 1 aliphatic rings. The second kappa shape index (κ2) is 5.87. The van der Waals surface area contributed by atoms with E-state index in [-0.39, 0.29) is 12.1 Å². The lowest BCUT2D eigenvalue weighted by molar-refractivity contribution is 0.0105. The zero-order valence-electron chi connectivity index (χ0n) is 13.3. The van der Waals surface area contributed by atoms with Crippen LogP contribution in [0.25, 0.3) is 0 Å². The molecule has 0 bridgehead atoms. The number of carbonyl (C=O) groups excluding carboxylic acids is 1. The van der Waals surface area contributed by atoms with Gasteiger partial charge in [-0.25, -0.2) is 4.79 Å². The van der Waals surface area contributed by atoms with Gasteiger partial charge in [0.25, 0.3) is 0 Å². The molecule has 1 saturated heterocycles. The average molecular weight is 355 g/mol. The maximum absolute atomic E-state index is 11.9. The van der Waals surface area contributed by atoms with Crippen molar-refractivity contribution in [2.45, 2.75) is 46.3 Å². The molecule has 0 spiro atoms. The molecule has 0 aliphatic carbocycles. The summed E-state index contributed by atoms with van der Waals surface area (Å²) in [5, 5.41) is 3.49. The van der Waals surface area contributed by atoms with Crippen LogP contribution in [0.15, 0.2) is 16.6 Å². The Balaban J connectivity index is 1.90. The highest BCUT2D eigenvalue weighted by Crippen LogP contribution is 2.29. The van der Waals surface area contributed by atoms with E-state index in [1.807, 2.05) is 20.8 Å². The van der Waals surface area contributed by atoms with Gasteiger partial charge in [0.15, 0.2) is 0 Å². The van der Waals surface area contributed by atoms with Crippen LogP contribution < -0.4 is 5.32 Å². The summed E-state index contributed by atoms with van der Waals surface area (Å²) in [5.41, 5.74) is 3.10. The first-order valence-corrected chi connectivity index (χ1v) is 7.96. The fraction of sp³-hybridized carbons (Fsp3) is 0.562. The smallest absolute Gasteiger partial charge is 0.410 e. The molecule has 0 unspecified atom stereocenters. The number of aryl methyl sites for hydroxylation is 2. The zero-order valence-corrected chi connectivity index (χ0v) is 14.9. The van der Waals surface area contributed by atoms with Crippen molar-refractivity contribution in [2.24, 2.45) is 0 Å². The third-order valence-corrected chi connectivity index (χ3v) is 3.94. The van der Waals surface area contributed by atoms with E-state index in [2.05, 4.69) is 47.2 Å². The van der Waals surface area contributed by atoms with Crippen molar-refractivity contribution in [1.82, 2.24) is 4.90 Å². The molecule has 5 heteroatoms. The monoisotopic (exact) mass is 354 g/mol. The lowest BCUT2D eigenvalue weighted by Crippen LogP contribution is -2.58. The van der Waals surface area contributed by atoms with E-state index in [9.17, 15) is 4.79 Å². The molecule has 1 aliphatic heterocycles. The second-order valence-electron chi connectivity index (χ2n) is 6.67. The minimum Gasteiger partial charge on any atom is -0.444 e. The number of nitrogens with one attached hydrogen (secondary N) is 1.